The van der Waals surface area contributed by atoms with Gasteiger partial charge in [-0.05, 0) is 48.2 Å². The van der Waals surface area contributed by atoms with Gasteiger partial charge >= 0.3 is 0 Å². The number of rotatable bonds is 8. The number of aliphatic hydroxyl groups is 1. The molecule has 1 saturated heterocycles. The Bertz CT molecular complexity index is 1020. The number of aliphatic hydroxyl groups excluding tert-OH is 1. The Morgan fingerprint density at radius 3 is 2.59 bits per heavy atom. The molecule has 1 atom stereocenters. The molecular formula is C25H32N3O4+. The van der Waals surface area contributed by atoms with E-state index >= 15 is 0 Å². The van der Waals surface area contributed by atoms with Crippen molar-refractivity contribution in [1.82, 2.24) is 9.88 Å². The molecule has 7 nitrogen and oxygen atoms in total. The predicted molar refractivity (Wildman–Crippen MR) is 122 cm³/mol. The first-order valence-corrected chi connectivity index (χ1v) is 10.9. The molecule has 0 spiro atoms. The summed E-state index contributed by atoms with van der Waals surface area (Å²) in [4.78, 5) is 32.8. The van der Waals surface area contributed by atoms with Gasteiger partial charge in [-0.3, -0.25) is 14.6 Å². The van der Waals surface area contributed by atoms with Crippen molar-refractivity contribution >= 4 is 17.4 Å². The number of nitrogens with zero attached hydrogens (tertiary/aromatic N) is 2. The third kappa shape index (κ3) is 4.99. The van der Waals surface area contributed by atoms with Crippen LogP contribution in [-0.2, 0) is 9.59 Å². The van der Waals surface area contributed by atoms with Gasteiger partial charge in [0.15, 0.2) is 0 Å². The van der Waals surface area contributed by atoms with E-state index in [-0.39, 0.29) is 11.3 Å². The number of ether oxygens (including phenoxy) is 1. The van der Waals surface area contributed by atoms with Crippen LogP contribution in [0.4, 0.5) is 0 Å². The minimum Gasteiger partial charge on any atom is -0.507 e. The highest BCUT2D eigenvalue weighted by Crippen LogP contribution is 2.39. The second kappa shape index (κ2) is 9.96. The average Bonchev–Trinajstić information content (AvgIpc) is 3.01. The molecular weight excluding hydrogens is 406 g/mol. The number of aromatic nitrogens is 1. The topological polar surface area (TPSA) is 84.2 Å². The summed E-state index contributed by atoms with van der Waals surface area (Å²) in [6.07, 6.45) is 3.27. The van der Waals surface area contributed by atoms with Crippen LogP contribution < -0.4 is 9.64 Å². The van der Waals surface area contributed by atoms with Gasteiger partial charge < -0.3 is 19.6 Å². The van der Waals surface area contributed by atoms with E-state index in [0.29, 0.717) is 36.7 Å². The van der Waals surface area contributed by atoms with E-state index in [1.54, 1.807) is 36.7 Å². The third-order valence-electron chi connectivity index (χ3n) is 5.41. The summed E-state index contributed by atoms with van der Waals surface area (Å²) >= 11 is 0. The maximum absolute atomic E-state index is 13.0. The number of likely N-dealkylation sites (tertiary alicyclic amines) is 1. The van der Waals surface area contributed by atoms with Crippen molar-refractivity contribution in [1.29, 1.82) is 0 Å². The molecule has 3 rings (SSSR count). The van der Waals surface area contributed by atoms with E-state index in [4.69, 9.17) is 4.74 Å². The highest BCUT2D eigenvalue weighted by Gasteiger charge is 2.46. The van der Waals surface area contributed by atoms with Crippen LogP contribution in [0.1, 0.15) is 36.6 Å². The molecule has 1 unspecified atom stereocenters. The van der Waals surface area contributed by atoms with Crippen LogP contribution in [0.5, 0.6) is 5.75 Å². The summed E-state index contributed by atoms with van der Waals surface area (Å²) in [7, 11) is 3.97. The second-order valence-electron chi connectivity index (χ2n) is 8.92. The van der Waals surface area contributed by atoms with Gasteiger partial charge in [0, 0.05) is 18.0 Å². The molecule has 0 bridgehead atoms. The first-order chi connectivity index (χ1) is 15.2. The molecule has 0 saturated carbocycles. The van der Waals surface area contributed by atoms with Crippen LogP contribution in [0.15, 0.2) is 48.3 Å². The SMILES string of the molecule is Cc1cc(C(O)=C2C(=O)C(=O)N(CC[NH+](C)C)C2c2cccnc2)ccc1OCC(C)C. The van der Waals surface area contributed by atoms with Crippen LogP contribution in [0.25, 0.3) is 5.76 Å². The van der Waals surface area contributed by atoms with Crippen molar-refractivity contribution in [2.24, 2.45) is 5.92 Å². The molecule has 1 aliphatic rings. The zero-order valence-electron chi connectivity index (χ0n) is 19.4. The second-order valence-corrected chi connectivity index (χ2v) is 8.92. The molecule has 170 valence electrons. The fourth-order valence-electron chi connectivity index (χ4n) is 3.71. The third-order valence-corrected chi connectivity index (χ3v) is 5.41. The fraction of sp³-hybridized carbons (Fsp3) is 0.400. The van der Waals surface area contributed by atoms with Gasteiger partial charge in [-0.25, -0.2) is 0 Å². The number of hydrogen-bond acceptors (Lipinski definition) is 5. The molecule has 2 N–H and O–H groups in total. The van der Waals surface area contributed by atoms with Crippen molar-refractivity contribution in [3.05, 3.63) is 65.0 Å². The lowest BCUT2D eigenvalue weighted by molar-refractivity contribution is -0.857. The highest BCUT2D eigenvalue weighted by molar-refractivity contribution is 6.46. The summed E-state index contributed by atoms with van der Waals surface area (Å²) in [5, 5.41) is 11.2. The van der Waals surface area contributed by atoms with Gasteiger partial charge in [0.1, 0.15) is 11.5 Å². The van der Waals surface area contributed by atoms with Crippen LogP contribution in [-0.4, -0.2) is 60.5 Å². The minimum atomic E-state index is -0.680. The van der Waals surface area contributed by atoms with Gasteiger partial charge in [-0.15, -0.1) is 0 Å². The van der Waals surface area contributed by atoms with Crippen molar-refractivity contribution in [3.8, 4) is 5.75 Å². The number of ketones is 1. The van der Waals surface area contributed by atoms with Crippen LogP contribution >= 0.6 is 0 Å². The van der Waals surface area contributed by atoms with Gasteiger partial charge in [-0.1, -0.05) is 19.9 Å². The van der Waals surface area contributed by atoms with Crippen LogP contribution in [0.2, 0.25) is 0 Å². The Kier molecular flexibility index (Phi) is 7.30. The Balaban J connectivity index is 2.05. The summed E-state index contributed by atoms with van der Waals surface area (Å²) < 4.78 is 5.82. The first kappa shape index (κ1) is 23.5. The largest absolute Gasteiger partial charge is 0.507 e. The first-order valence-electron chi connectivity index (χ1n) is 10.9. The number of benzene rings is 1. The van der Waals surface area contributed by atoms with Crippen molar-refractivity contribution in [2.45, 2.75) is 26.8 Å². The van der Waals surface area contributed by atoms with Crippen molar-refractivity contribution < 1.29 is 24.3 Å². The van der Waals surface area contributed by atoms with E-state index < -0.39 is 17.7 Å². The lowest BCUT2D eigenvalue weighted by Gasteiger charge is -2.25. The summed E-state index contributed by atoms with van der Waals surface area (Å²) in [6.45, 7) is 7.69. The van der Waals surface area contributed by atoms with E-state index in [1.807, 2.05) is 27.1 Å². The van der Waals surface area contributed by atoms with Crippen molar-refractivity contribution in [3.63, 3.8) is 0 Å². The zero-order chi connectivity index (χ0) is 23.4. The lowest BCUT2D eigenvalue weighted by Crippen LogP contribution is -3.06. The van der Waals surface area contributed by atoms with E-state index in [9.17, 15) is 14.7 Å². The number of quaternary nitrogens is 1. The quantitative estimate of drug-likeness (QED) is 0.374. The normalized spacial score (nSPS) is 18.1. The number of aryl methyl sites for hydroxylation is 1. The number of carbonyl (C=O) groups excluding carboxylic acids is 2. The molecule has 0 aliphatic carbocycles. The smallest absolute Gasteiger partial charge is 0.295 e. The fourth-order valence-corrected chi connectivity index (χ4v) is 3.71. The predicted octanol–water partition coefficient (Wildman–Crippen LogP) is 1.99. The molecule has 2 heterocycles. The zero-order valence-corrected chi connectivity index (χ0v) is 19.4. The maximum atomic E-state index is 13.0. The summed E-state index contributed by atoms with van der Waals surface area (Å²) in [5.74, 6) is -0.344. The molecule has 1 fully saturated rings. The molecule has 1 aromatic heterocycles. The maximum Gasteiger partial charge on any atom is 0.295 e. The van der Waals surface area contributed by atoms with Gasteiger partial charge in [-0.2, -0.15) is 0 Å². The highest BCUT2D eigenvalue weighted by atomic mass is 16.5. The van der Waals surface area contributed by atoms with Gasteiger partial charge in [0.05, 0.1) is 45.4 Å². The van der Waals surface area contributed by atoms with Gasteiger partial charge in [0.25, 0.3) is 11.7 Å². The Morgan fingerprint density at radius 2 is 2.00 bits per heavy atom. The van der Waals surface area contributed by atoms with Crippen LogP contribution in [0.3, 0.4) is 0 Å². The van der Waals surface area contributed by atoms with Crippen LogP contribution in [0, 0.1) is 12.8 Å². The number of carbonyl (C=O) groups is 2. The summed E-state index contributed by atoms with van der Waals surface area (Å²) in [5.41, 5.74) is 2.10. The average molecular weight is 439 g/mol. The molecule has 32 heavy (non-hydrogen) atoms. The van der Waals surface area contributed by atoms with Gasteiger partial charge in [0.2, 0.25) is 0 Å². The number of nitrogens with one attached hydrogen (secondary N) is 1. The number of likely N-dealkylation sites (N-methyl/N-ethyl adjacent to an activating group) is 1. The number of Topliss-reactive ketones (excluding diaryl/α,β-unsaturated/α-hetero) is 1. The monoisotopic (exact) mass is 438 g/mol. The van der Waals surface area contributed by atoms with Crippen molar-refractivity contribution in [2.75, 3.05) is 33.8 Å². The molecule has 0 radical (unpaired) electrons. The summed E-state index contributed by atoms with van der Waals surface area (Å²) in [6, 6.07) is 8.19. The number of hydrogen-bond donors (Lipinski definition) is 2. The Labute approximate surface area is 189 Å². The van der Waals surface area contributed by atoms with E-state index in [0.717, 1.165) is 16.2 Å². The standard InChI is InChI=1S/C25H31N3O4/c1-16(2)15-32-20-9-8-18(13-17(20)3)23(29)21-22(19-7-6-10-26-14-19)28(12-11-27(4)5)25(31)24(21)30/h6-10,13-14,16,22,29H,11-12,15H2,1-5H3/p+1. The molecule has 1 aromatic carbocycles. The van der Waals surface area contributed by atoms with E-state index in [1.165, 1.54) is 4.90 Å². The number of pyridine rings is 1. The minimum absolute atomic E-state index is 0.0898. The molecule has 1 amide bonds. The Morgan fingerprint density at radius 1 is 1.25 bits per heavy atom. The molecule has 2 aromatic rings. The molecule has 7 heteroatoms. The number of amides is 1. The Hall–Kier alpha value is -3.19. The van der Waals surface area contributed by atoms with E-state index in [2.05, 4.69) is 18.8 Å². The molecule has 1 aliphatic heterocycles. The lowest BCUT2D eigenvalue weighted by atomic mass is 9.95.